The highest BCUT2D eigenvalue weighted by atomic mass is 35.5. The van der Waals surface area contributed by atoms with Crippen LogP contribution in [0.2, 0.25) is 5.02 Å². The zero-order chi connectivity index (χ0) is 35.8. The molecule has 0 aliphatic carbocycles. The zero-order valence-corrected chi connectivity index (χ0v) is 28.8. The van der Waals surface area contributed by atoms with Crippen LogP contribution in [0.4, 0.5) is 19.3 Å². The molecule has 4 heterocycles. The van der Waals surface area contributed by atoms with E-state index in [0.717, 1.165) is 6.07 Å². The molecule has 3 aliphatic heterocycles. The molecule has 1 aromatic heterocycles. The molecule has 4 aromatic rings. The second-order valence-electron chi connectivity index (χ2n) is 12.1. The van der Waals surface area contributed by atoms with Gasteiger partial charge in [-0.2, -0.15) is 0 Å². The van der Waals surface area contributed by atoms with Gasteiger partial charge in [0.25, 0.3) is 0 Å². The van der Waals surface area contributed by atoms with Crippen LogP contribution in [0.5, 0.6) is 0 Å². The van der Waals surface area contributed by atoms with Gasteiger partial charge in [-0.1, -0.05) is 35.9 Å². The summed E-state index contributed by atoms with van der Waals surface area (Å²) in [5.41, 5.74) is 2.57. The zero-order valence-electron chi connectivity index (χ0n) is 27.2. The minimum atomic E-state index is -1.21. The summed E-state index contributed by atoms with van der Waals surface area (Å²) in [6, 6.07) is 13.5. The van der Waals surface area contributed by atoms with Gasteiger partial charge in [0.2, 0.25) is 0 Å². The summed E-state index contributed by atoms with van der Waals surface area (Å²) in [4.78, 5) is 53.2. The number of aromatic nitrogens is 1. The maximum atomic E-state index is 14.7. The van der Waals surface area contributed by atoms with Crippen molar-refractivity contribution in [1.29, 1.82) is 0 Å². The van der Waals surface area contributed by atoms with Crippen LogP contribution in [0, 0.1) is 11.6 Å². The topological polar surface area (TPSA) is 128 Å². The maximum Gasteiger partial charge on any atom is 0.338 e. The average molecular weight is 733 g/mol. The number of aromatic carboxylic acids is 1. The lowest BCUT2D eigenvalue weighted by Gasteiger charge is -2.38. The Labute approximate surface area is 300 Å². The molecule has 2 atom stereocenters. The van der Waals surface area contributed by atoms with Gasteiger partial charge in [-0.25, -0.2) is 28.1 Å². The Hall–Kier alpha value is -5.18. The third-order valence-corrected chi connectivity index (χ3v) is 10.1. The monoisotopic (exact) mass is 732 g/mol. The molecule has 2 amide bonds. The van der Waals surface area contributed by atoms with Crippen molar-refractivity contribution in [2.75, 3.05) is 44.2 Å². The van der Waals surface area contributed by atoms with Crippen molar-refractivity contribution in [2.24, 2.45) is 4.99 Å². The first-order chi connectivity index (χ1) is 24.6. The van der Waals surface area contributed by atoms with Crippen LogP contribution in [-0.4, -0.2) is 89.1 Å². The van der Waals surface area contributed by atoms with Crippen molar-refractivity contribution in [1.82, 2.24) is 20.1 Å². The first kappa shape index (κ1) is 34.3. The number of nitrogens with one attached hydrogen (secondary N) is 1. The Morgan fingerprint density at radius 3 is 2.57 bits per heavy atom. The number of urea groups is 1. The van der Waals surface area contributed by atoms with Crippen LogP contribution in [0.25, 0.3) is 11.1 Å². The number of amides is 2. The first-order valence-corrected chi connectivity index (χ1v) is 17.4. The molecule has 51 heavy (non-hydrogen) atoms. The summed E-state index contributed by atoms with van der Waals surface area (Å²) >= 11 is 7.89. The van der Waals surface area contributed by atoms with E-state index in [2.05, 4.69) is 15.2 Å². The highest BCUT2D eigenvalue weighted by Crippen LogP contribution is 2.37. The van der Waals surface area contributed by atoms with Crippen LogP contribution in [-0.2, 0) is 9.53 Å². The molecule has 15 heteroatoms. The summed E-state index contributed by atoms with van der Waals surface area (Å²) in [6.07, 6.45) is 1.65. The van der Waals surface area contributed by atoms with Crippen molar-refractivity contribution in [3.63, 3.8) is 0 Å². The quantitative estimate of drug-likeness (QED) is 0.202. The fourth-order valence-corrected chi connectivity index (χ4v) is 7.48. The number of halogens is 3. The molecular formula is C36H31ClF2N6O5S. The van der Waals surface area contributed by atoms with Crippen molar-refractivity contribution in [3.8, 4) is 11.1 Å². The number of carboxylic acid groups (broad SMARTS) is 1. The normalized spacial score (nSPS) is 19.1. The number of rotatable bonds is 9. The Morgan fingerprint density at radius 2 is 1.88 bits per heavy atom. The number of hydrogen-bond acceptors (Lipinski definition) is 9. The molecule has 0 bridgehead atoms. The van der Waals surface area contributed by atoms with Crippen molar-refractivity contribution < 1.29 is 33.0 Å². The molecule has 262 valence electrons. The Morgan fingerprint density at radius 1 is 1.08 bits per heavy atom. The number of benzene rings is 3. The van der Waals surface area contributed by atoms with Crippen LogP contribution in [0.1, 0.15) is 33.9 Å². The standard InChI is InChI=1S/C36H31ClF2N6O5S/c1-2-50-35(48)30-29(41-32(33-40-11-14-51-33)42-31(30)26-10-6-22(38)16-27(26)37)19-43-12-13-44-24(17-43)18-45(36(44)49)23-7-3-20(4-8-23)25-9-5-21(34(46)47)15-28(25)39/h3-11,14-16,24,31H,2,12-13,17-19H2,1H3,(H,41,42)(H,46,47)/t24-,31-/m0/s1. The predicted octanol–water partition coefficient (Wildman–Crippen LogP) is 5.97. The van der Waals surface area contributed by atoms with Gasteiger partial charge >= 0.3 is 18.0 Å². The smallest absolute Gasteiger partial charge is 0.338 e. The van der Waals surface area contributed by atoms with Crippen LogP contribution in [0.3, 0.4) is 0 Å². The third-order valence-electron chi connectivity index (χ3n) is 9.04. The first-order valence-electron chi connectivity index (χ1n) is 16.1. The van der Waals surface area contributed by atoms with E-state index in [1.54, 1.807) is 42.3 Å². The molecule has 11 nitrogen and oxygen atoms in total. The molecule has 7 rings (SSSR count). The largest absolute Gasteiger partial charge is 0.478 e. The van der Waals surface area contributed by atoms with Gasteiger partial charge in [-0.15, -0.1) is 11.3 Å². The highest BCUT2D eigenvalue weighted by molar-refractivity contribution is 7.11. The number of piperazine rings is 1. The van der Waals surface area contributed by atoms with Crippen molar-refractivity contribution >= 4 is 52.4 Å². The average Bonchev–Trinajstić information content (AvgIpc) is 3.77. The Bertz CT molecular complexity index is 2080. The number of esters is 1. The van der Waals surface area contributed by atoms with Gasteiger partial charge in [0.15, 0.2) is 10.8 Å². The number of anilines is 1. The number of carbonyl (C=O) groups excluding carboxylic acids is 2. The van der Waals surface area contributed by atoms with E-state index < -0.39 is 29.6 Å². The number of fused-ring (bicyclic) bond motifs is 1. The molecule has 0 radical (unpaired) electrons. The van der Waals surface area contributed by atoms with Crippen LogP contribution < -0.4 is 10.2 Å². The van der Waals surface area contributed by atoms with E-state index in [0.29, 0.717) is 66.1 Å². The van der Waals surface area contributed by atoms with Gasteiger partial charge in [0.1, 0.15) is 17.7 Å². The highest BCUT2D eigenvalue weighted by Gasteiger charge is 2.42. The van der Waals surface area contributed by atoms with E-state index in [-0.39, 0.29) is 40.4 Å². The van der Waals surface area contributed by atoms with E-state index in [4.69, 9.17) is 26.4 Å². The number of aliphatic imine (C=N–C) groups is 1. The molecule has 0 spiro atoms. The molecule has 3 aliphatic rings. The molecule has 0 saturated carbocycles. The SMILES string of the molecule is CCOC(=O)C1=C(CN2CCN3C(=O)N(c4ccc(-c5ccc(C(=O)O)cc5F)cc4)C[C@@H]3C2)NC(c2nccs2)=N[C@H]1c1ccc(F)cc1Cl. The number of ether oxygens (including phenoxy) is 1. The molecular weight excluding hydrogens is 702 g/mol. The molecule has 0 unspecified atom stereocenters. The number of hydrogen-bond donors (Lipinski definition) is 2. The lowest BCUT2D eigenvalue weighted by Crippen LogP contribution is -2.53. The molecule has 2 fully saturated rings. The lowest BCUT2D eigenvalue weighted by atomic mass is 9.95. The van der Waals surface area contributed by atoms with Gasteiger partial charge < -0.3 is 20.1 Å². The Balaban J connectivity index is 1.13. The summed E-state index contributed by atoms with van der Waals surface area (Å²) in [7, 11) is 0. The second-order valence-corrected chi connectivity index (χ2v) is 13.4. The van der Waals surface area contributed by atoms with Gasteiger partial charge in [0, 0.05) is 71.8 Å². The lowest BCUT2D eigenvalue weighted by molar-refractivity contribution is -0.139. The number of nitrogens with zero attached hydrogens (tertiary/aromatic N) is 5. The molecule has 3 aromatic carbocycles. The number of carboxylic acids is 1. The summed E-state index contributed by atoms with van der Waals surface area (Å²) in [6.45, 7) is 4.03. The Kier molecular flexibility index (Phi) is 9.55. The maximum absolute atomic E-state index is 14.7. The van der Waals surface area contributed by atoms with Crippen LogP contribution in [0.15, 0.2) is 88.5 Å². The van der Waals surface area contributed by atoms with E-state index >= 15 is 0 Å². The molecule has 2 N–H and O–H groups in total. The second kappa shape index (κ2) is 14.2. The number of amidine groups is 1. The predicted molar refractivity (Wildman–Crippen MR) is 188 cm³/mol. The minimum absolute atomic E-state index is 0.123. The summed E-state index contributed by atoms with van der Waals surface area (Å²) in [5, 5.41) is 15.0. The van der Waals surface area contributed by atoms with Crippen molar-refractivity contribution in [3.05, 3.63) is 116 Å². The van der Waals surface area contributed by atoms with Gasteiger partial charge in [-0.3, -0.25) is 14.8 Å². The number of thiazole rings is 1. The molecule has 2 saturated heterocycles. The van der Waals surface area contributed by atoms with Gasteiger partial charge in [-0.05, 0) is 48.9 Å². The number of carbonyl (C=O) groups is 3. The van der Waals surface area contributed by atoms with E-state index in [9.17, 15) is 23.2 Å². The summed E-state index contributed by atoms with van der Waals surface area (Å²) in [5.74, 6) is -2.51. The fraction of sp³-hybridized carbons (Fsp3) is 0.250. The van der Waals surface area contributed by atoms with Crippen LogP contribution >= 0.6 is 22.9 Å². The van der Waals surface area contributed by atoms with E-state index in [1.165, 1.54) is 41.7 Å². The van der Waals surface area contributed by atoms with E-state index in [1.807, 2.05) is 10.3 Å². The minimum Gasteiger partial charge on any atom is -0.478 e. The van der Waals surface area contributed by atoms with Crippen molar-refractivity contribution in [2.45, 2.75) is 19.0 Å². The fourth-order valence-electron chi connectivity index (χ4n) is 6.62. The summed E-state index contributed by atoms with van der Waals surface area (Å²) < 4.78 is 34.3. The third kappa shape index (κ3) is 6.81. The van der Waals surface area contributed by atoms with Gasteiger partial charge in [0.05, 0.1) is 23.8 Å².